The predicted molar refractivity (Wildman–Crippen MR) is 125 cm³/mol. The number of nitrogens with two attached hydrogens (primary N) is 1. The summed E-state index contributed by atoms with van der Waals surface area (Å²) in [6, 6.07) is 6.08. The Kier molecular flexibility index (Phi) is 7.36. The number of H-pyrrole nitrogens is 1. The number of carbonyl (C=O) groups excluding carboxylic acids is 1. The molecule has 0 unspecified atom stereocenters. The van der Waals surface area contributed by atoms with Gasteiger partial charge in [0.25, 0.3) is 11.5 Å². The Bertz CT molecular complexity index is 978. The molecule has 1 aromatic heterocycles. The Morgan fingerprint density at radius 2 is 1.87 bits per heavy atom. The molecule has 0 bridgehead atoms. The number of nitrogens with one attached hydrogen (secondary N) is 3. The number of carbonyl (C=O) groups is 1. The van der Waals surface area contributed by atoms with Crippen molar-refractivity contribution < 1.29 is 4.79 Å². The van der Waals surface area contributed by atoms with Crippen molar-refractivity contribution in [3.05, 3.63) is 61.0 Å². The second-order valence-electron chi connectivity index (χ2n) is 8.41. The second-order valence-corrected chi connectivity index (χ2v) is 9.33. The molecule has 0 atom stereocenters. The molecule has 3 rings (SSSR count). The zero-order chi connectivity index (χ0) is 21.8. The van der Waals surface area contributed by atoms with Crippen LogP contribution in [0.1, 0.15) is 58.4 Å². The standard InChI is InChI=1S/C23H31BrN4O2/c1-13-8-14(2)28-23(30)20(13)12-27-22(29)19-9-17(24)10-21(15(19)3)26-11-16-4-6-18(25)7-5-16/h8-10,16,18,26H,4-7,11-12,25H2,1-3H3,(H,27,29)(H,28,30)/t16-,18-. The number of pyridine rings is 1. The fourth-order valence-corrected chi connectivity index (χ4v) is 4.57. The monoisotopic (exact) mass is 474 g/mol. The number of benzene rings is 1. The minimum atomic E-state index is -0.195. The Hall–Kier alpha value is -2.12. The van der Waals surface area contributed by atoms with Crippen LogP contribution in [0.3, 0.4) is 0 Å². The molecule has 1 fully saturated rings. The van der Waals surface area contributed by atoms with Gasteiger partial charge < -0.3 is 21.4 Å². The highest BCUT2D eigenvalue weighted by molar-refractivity contribution is 9.10. The van der Waals surface area contributed by atoms with E-state index in [9.17, 15) is 9.59 Å². The van der Waals surface area contributed by atoms with Crippen LogP contribution in [0, 0.1) is 26.7 Å². The van der Waals surface area contributed by atoms with Gasteiger partial charge in [-0.1, -0.05) is 15.9 Å². The van der Waals surface area contributed by atoms with Crippen LogP contribution in [-0.2, 0) is 6.54 Å². The SMILES string of the molecule is Cc1cc(C)c(CNC(=O)c2cc(Br)cc(NC[C@H]3CC[C@H](N)CC3)c2C)c(=O)[nH]1. The number of aryl methyl sites for hydroxylation is 2. The van der Waals surface area contributed by atoms with Gasteiger partial charge in [-0.05, 0) is 81.7 Å². The van der Waals surface area contributed by atoms with E-state index in [-0.39, 0.29) is 18.0 Å². The van der Waals surface area contributed by atoms with Crippen LogP contribution in [-0.4, -0.2) is 23.5 Å². The molecule has 162 valence electrons. The van der Waals surface area contributed by atoms with E-state index in [1.165, 1.54) is 0 Å². The Labute approximate surface area is 186 Å². The highest BCUT2D eigenvalue weighted by atomic mass is 79.9. The van der Waals surface area contributed by atoms with E-state index >= 15 is 0 Å². The summed E-state index contributed by atoms with van der Waals surface area (Å²) in [6.07, 6.45) is 4.43. The lowest BCUT2D eigenvalue weighted by molar-refractivity contribution is 0.0950. The van der Waals surface area contributed by atoms with Crippen LogP contribution in [0.25, 0.3) is 0 Å². The summed E-state index contributed by atoms with van der Waals surface area (Å²) in [5, 5.41) is 6.43. The van der Waals surface area contributed by atoms with Gasteiger partial charge in [0.05, 0.1) is 0 Å². The molecule has 1 aromatic carbocycles. The van der Waals surface area contributed by atoms with Gasteiger partial charge in [-0.2, -0.15) is 0 Å². The summed E-state index contributed by atoms with van der Waals surface area (Å²) >= 11 is 3.53. The number of halogens is 1. The third-order valence-electron chi connectivity index (χ3n) is 6.01. The number of aromatic nitrogens is 1. The van der Waals surface area contributed by atoms with Crippen LogP contribution >= 0.6 is 15.9 Å². The fourth-order valence-electron chi connectivity index (χ4n) is 4.11. The molecule has 0 spiro atoms. The normalized spacial score (nSPS) is 18.8. The van der Waals surface area contributed by atoms with Crippen molar-refractivity contribution in [2.24, 2.45) is 11.7 Å². The molecule has 1 amide bonds. The smallest absolute Gasteiger partial charge is 0.253 e. The molecule has 1 aliphatic rings. The van der Waals surface area contributed by atoms with Crippen LogP contribution in [0.5, 0.6) is 0 Å². The molecular weight excluding hydrogens is 444 g/mol. The maximum Gasteiger partial charge on any atom is 0.253 e. The molecular formula is C23H31BrN4O2. The summed E-state index contributed by atoms with van der Waals surface area (Å²) in [5.41, 5.74) is 10.6. The lowest BCUT2D eigenvalue weighted by atomic mass is 9.86. The number of anilines is 1. The zero-order valence-electron chi connectivity index (χ0n) is 17.9. The van der Waals surface area contributed by atoms with Crippen LogP contribution in [0.15, 0.2) is 27.5 Å². The molecule has 0 saturated heterocycles. The van der Waals surface area contributed by atoms with Crippen molar-refractivity contribution in [1.29, 1.82) is 0 Å². The second kappa shape index (κ2) is 9.79. The molecule has 1 heterocycles. The van der Waals surface area contributed by atoms with Gasteiger partial charge in [0.1, 0.15) is 0 Å². The number of amides is 1. The van der Waals surface area contributed by atoms with E-state index in [0.29, 0.717) is 23.1 Å². The van der Waals surface area contributed by atoms with Gasteiger partial charge in [0, 0.05) is 46.1 Å². The van der Waals surface area contributed by atoms with E-state index in [0.717, 1.165) is 59.2 Å². The molecule has 1 saturated carbocycles. The molecule has 0 aliphatic heterocycles. The maximum atomic E-state index is 12.9. The Morgan fingerprint density at radius 1 is 1.17 bits per heavy atom. The largest absolute Gasteiger partial charge is 0.385 e. The minimum Gasteiger partial charge on any atom is -0.385 e. The molecule has 30 heavy (non-hydrogen) atoms. The van der Waals surface area contributed by atoms with Gasteiger partial charge in [-0.15, -0.1) is 0 Å². The summed E-state index contributed by atoms with van der Waals surface area (Å²) in [6.45, 7) is 6.75. The van der Waals surface area contributed by atoms with Crippen molar-refractivity contribution in [2.45, 2.75) is 59.0 Å². The van der Waals surface area contributed by atoms with Crippen molar-refractivity contribution >= 4 is 27.5 Å². The van der Waals surface area contributed by atoms with Crippen molar-refractivity contribution in [2.75, 3.05) is 11.9 Å². The highest BCUT2D eigenvalue weighted by Crippen LogP contribution is 2.28. The van der Waals surface area contributed by atoms with Gasteiger partial charge in [0.15, 0.2) is 0 Å². The Balaban J connectivity index is 1.69. The first-order valence-electron chi connectivity index (χ1n) is 10.5. The third-order valence-corrected chi connectivity index (χ3v) is 6.47. The van der Waals surface area contributed by atoms with Gasteiger partial charge >= 0.3 is 0 Å². The minimum absolute atomic E-state index is 0.159. The molecule has 0 radical (unpaired) electrons. The first kappa shape index (κ1) is 22.6. The van der Waals surface area contributed by atoms with Crippen molar-refractivity contribution in [3.8, 4) is 0 Å². The van der Waals surface area contributed by atoms with E-state index < -0.39 is 0 Å². The van der Waals surface area contributed by atoms with Crippen LogP contribution in [0.4, 0.5) is 5.69 Å². The van der Waals surface area contributed by atoms with E-state index in [4.69, 9.17) is 5.73 Å². The van der Waals surface area contributed by atoms with E-state index in [1.54, 1.807) is 0 Å². The predicted octanol–water partition coefficient (Wildman–Crippen LogP) is 3.92. The van der Waals surface area contributed by atoms with Gasteiger partial charge in [0.2, 0.25) is 0 Å². The summed E-state index contributed by atoms with van der Waals surface area (Å²) in [7, 11) is 0. The number of rotatable bonds is 6. The summed E-state index contributed by atoms with van der Waals surface area (Å²) in [4.78, 5) is 27.9. The number of aromatic amines is 1. The highest BCUT2D eigenvalue weighted by Gasteiger charge is 2.19. The Morgan fingerprint density at radius 3 is 2.53 bits per heavy atom. The molecule has 1 aliphatic carbocycles. The van der Waals surface area contributed by atoms with Gasteiger partial charge in [-0.3, -0.25) is 9.59 Å². The number of hydrogen-bond donors (Lipinski definition) is 4. The van der Waals surface area contributed by atoms with Crippen LogP contribution in [0.2, 0.25) is 0 Å². The number of hydrogen-bond acceptors (Lipinski definition) is 4. The maximum absolute atomic E-state index is 12.9. The molecule has 5 N–H and O–H groups in total. The van der Waals surface area contributed by atoms with Crippen molar-refractivity contribution in [3.63, 3.8) is 0 Å². The van der Waals surface area contributed by atoms with Gasteiger partial charge in [-0.25, -0.2) is 0 Å². The third kappa shape index (κ3) is 5.52. The van der Waals surface area contributed by atoms with Crippen molar-refractivity contribution in [1.82, 2.24) is 10.3 Å². The summed E-state index contributed by atoms with van der Waals surface area (Å²) < 4.78 is 0.843. The lowest BCUT2D eigenvalue weighted by Gasteiger charge is -2.27. The molecule has 6 nitrogen and oxygen atoms in total. The zero-order valence-corrected chi connectivity index (χ0v) is 19.5. The summed E-state index contributed by atoms with van der Waals surface area (Å²) in [5.74, 6) is 0.413. The fraction of sp³-hybridized carbons (Fsp3) is 0.478. The van der Waals surface area contributed by atoms with E-state index in [1.807, 2.05) is 39.0 Å². The first-order valence-corrected chi connectivity index (χ1v) is 11.3. The molecule has 7 heteroatoms. The average Bonchev–Trinajstić information content (AvgIpc) is 2.68. The van der Waals surface area contributed by atoms with E-state index in [2.05, 4.69) is 31.5 Å². The quantitative estimate of drug-likeness (QED) is 0.509. The lowest BCUT2D eigenvalue weighted by Crippen LogP contribution is -2.30. The van der Waals surface area contributed by atoms with Crippen LogP contribution < -0.4 is 21.9 Å². The molecule has 2 aromatic rings. The first-order chi connectivity index (χ1) is 14.2. The topological polar surface area (TPSA) is 100 Å². The average molecular weight is 475 g/mol.